The Bertz CT molecular complexity index is 573. The molecule has 0 radical (unpaired) electrons. The molecule has 0 saturated heterocycles. The SMILES string of the molecule is Nc1cc(OCCC(F)(F)F)nc(-c2ccccc2)n1. The average molecular weight is 283 g/mol. The van der Waals surface area contributed by atoms with Gasteiger partial charge in [0.25, 0.3) is 0 Å². The third-order valence-electron chi connectivity index (χ3n) is 2.39. The molecule has 0 bridgehead atoms. The van der Waals surface area contributed by atoms with Crippen LogP contribution in [0.4, 0.5) is 19.0 Å². The topological polar surface area (TPSA) is 61.0 Å². The highest BCUT2D eigenvalue weighted by atomic mass is 19.4. The number of benzene rings is 1. The van der Waals surface area contributed by atoms with Crippen molar-refractivity contribution in [3.63, 3.8) is 0 Å². The molecule has 0 atom stereocenters. The van der Waals surface area contributed by atoms with E-state index in [1.165, 1.54) is 6.07 Å². The third kappa shape index (κ3) is 4.11. The van der Waals surface area contributed by atoms with Crippen molar-refractivity contribution in [3.8, 4) is 17.3 Å². The minimum Gasteiger partial charge on any atom is -0.477 e. The minimum absolute atomic E-state index is 0.0283. The molecule has 0 spiro atoms. The summed E-state index contributed by atoms with van der Waals surface area (Å²) in [6, 6.07) is 10.3. The Morgan fingerprint density at radius 3 is 2.45 bits per heavy atom. The van der Waals surface area contributed by atoms with Gasteiger partial charge in [0.15, 0.2) is 5.82 Å². The summed E-state index contributed by atoms with van der Waals surface area (Å²) in [4.78, 5) is 8.07. The van der Waals surface area contributed by atoms with Gasteiger partial charge in [0.2, 0.25) is 5.88 Å². The van der Waals surface area contributed by atoms with E-state index in [0.717, 1.165) is 0 Å². The van der Waals surface area contributed by atoms with Crippen LogP contribution in [0.3, 0.4) is 0 Å². The van der Waals surface area contributed by atoms with Gasteiger partial charge in [0.05, 0.1) is 13.0 Å². The molecule has 4 nitrogen and oxygen atoms in total. The van der Waals surface area contributed by atoms with Crippen molar-refractivity contribution < 1.29 is 17.9 Å². The fraction of sp³-hybridized carbons (Fsp3) is 0.231. The maximum absolute atomic E-state index is 12.0. The summed E-state index contributed by atoms with van der Waals surface area (Å²) in [6.07, 6.45) is -5.31. The van der Waals surface area contributed by atoms with Crippen LogP contribution in [0.5, 0.6) is 5.88 Å². The van der Waals surface area contributed by atoms with E-state index in [1.807, 2.05) is 6.07 Å². The van der Waals surface area contributed by atoms with Crippen molar-refractivity contribution in [2.45, 2.75) is 12.6 Å². The van der Waals surface area contributed by atoms with Crippen molar-refractivity contribution in [2.24, 2.45) is 0 Å². The van der Waals surface area contributed by atoms with Crippen molar-refractivity contribution >= 4 is 5.82 Å². The fourth-order valence-electron chi connectivity index (χ4n) is 1.50. The molecule has 1 aromatic heterocycles. The molecule has 1 heterocycles. The smallest absolute Gasteiger partial charge is 0.392 e. The first-order chi connectivity index (χ1) is 9.44. The monoisotopic (exact) mass is 283 g/mol. The van der Waals surface area contributed by atoms with Gasteiger partial charge in [-0.05, 0) is 0 Å². The van der Waals surface area contributed by atoms with Crippen molar-refractivity contribution in [2.75, 3.05) is 12.3 Å². The highest BCUT2D eigenvalue weighted by Crippen LogP contribution is 2.22. The van der Waals surface area contributed by atoms with E-state index in [0.29, 0.717) is 11.4 Å². The normalized spacial score (nSPS) is 11.3. The summed E-state index contributed by atoms with van der Waals surface area (Å²) in [6.45, 7) is -0.506. The van der Waals surface area contributed by atoms with E-state index >= 15 is 0 Å². The van der Waals surface area contributed by atoms with Crippen molar-refractivity contribution in [1.82, 2.24) is 9.97 Å². The zero-order valence-corrected chi connectivity index (χ0v) is 10.4. The number of hydrogen-bond donors (Lipinski definition) is 1. The second-order valence-corrected chi connectivity index (χ2v) is 4.03. The minimum atomic E-state index is -4.26. The molecule has 2 aromatic rings. The molecular weight excluding hydrogens is 271 g/mol. The van der Waals surface area contributed by atoms with Crippen molar-refractivity contribution in [3.05, 3.63) is 36.4 Å². The Balaban J connectivity index is 2.13. The molecule has 20 heavy (non-hydrogen) atoms. The Hall–Kier alpha value is -2.31. The Morgan fingerprint density at radius 1 is 1.10 bits per heavy atom. The maximum Gasteiger partial charge on any atom is 0.392 e. The lowest BCUT2D eigenvalue weighted by Crippen LogP contribution is -2.13. The predicted octanol–water partition coefficient (Wildman–Crippen LogP) is 3.06. The van der Waals surface area contributed by atoms with Crippen molar-refractivity contribution in [1.29, 1.82) is 0 Å². The van der Waals surface area contributed by atoms with E-state index < -0.39 is 19.2 Å². The lowest BCUT2D eigenvalue weighted by atomic mass is 10.2. The molecule has 0 amide bonds. The number of alkyl halides is 3. The van der Waals surface area contributed by atoms with Crippen LogP contribution in [0.15, 0.2) is 36.4 Å². The lowest BCUT2D eigenvalue weighted by molar-refractivity contribution is -0.139. The van der Waals surface area contributed by atoms with Gasteiger partial charge in [-0.15, -0.1) is 0 Å². The largest absolute Gasteiger partial charge is 0.477 e. The van der Waals surface area contributed by atoms with Crippen LogP contribution < -0.4 is 10.5 Å². The number of anilines is 1. The summed E-state index contributed by atoms with van der Waals surface area (Å²) in [7, 11) is 0. The van der Waals surface area contributed by atoms with Gasteiger partial charge in [0, 0.05) is 11.6 Å². The van der Waals surface area contributed by atoms with Gasteiger partial charge < -0.3 is 10.5 Å². The molecule has 0 aliphatic heterocycles. The molecule has 2 N–H and O–H groups in total. The molecule has 1 aromatic carbocycles. The highest BCUT2D eigenvalue weighted by Gasteiger charge is 2.27. The predicted molar refractivity (Wildman–Crippen MR) is 68.0 cm³/mol. The number of hydrogen-bond acceptors (Lipinski definition) is 4. The quantitative estimate of drug-likeness (QED) is 0.936. The zero-order valence-electron chi connectivity index (χ0n) is 10.4. The van der Waals surface area contributed by atoms with Gasteiger partial charge in [0.1, 0.15) is 5.82 Å². The summed E-state index contributed by atoms with van der Waals surface area (Å²) in [5.41, 5.74) is 6.31. The number of nitrogens with two attached hydrogens (primary N) is 1. The van der Waals surface area contributed by atoms with E-state index in [-0.39, 0.29) is 11.7 Å². The lowest BCUT2D eigenvalue weighted by Gasteiger charge is -2.09. The first kappa shape index (κ1) is 14.1. The molecular formula is C13H12F3N3O. The highest BCUT2D eigenvalue weighted by molar-refractivity contribution is 5.57. The number of ether oxygens (including phenoxy) is 1. The first-order valence-electron chi connectivity index (χ1n) is 5.83. The van der Waals surface area contributed by atoms with Crippen LogP contribution >= 0.6 is 0 Å². The maximum atomic E-state index is 12.0. The first-order valence-corrected chi connectivity index (χ1v) is 5.83. The van der Waals surface area contributed by atoms with E-state index in [1.54, 1.807) is 24.3 Å². The van der Waals surface area contributed by atoms with Crippen LogP contribution in [-0.2, 0) is 0 Å². The molecule has 106 valence electrons. The van der Waals surface area contributed by atoms with Gasteiger partial charge in [-0.2, -0.15) is 18.2 Å². The van der Waals surface area contributed by atoms with Crippen LogP contribution in [0.1, 0.15) is 6.42 Å². The summed E-state index contributed by atoms with van der Waals surface area (Å²) >= 11 is 0. The van der Waals surface area contributed by atoms with Crippen LogP contribution in [0.2, 0.25) is 0 Å². The Morgan fingerprint density at radius 2 is 1.80 bits per heavy atom. The number of halogens is 3. The van der Waals surface area contributed by atoms with Gasteiger partial charge in [-0.25, -0.2) is 4.98 Å². The summed E-state index contributed by atoms with van der Waals surface area (Å²) in [5.74, 6) is 0.481. The Labute approximate surface area is 113 Å². The summed E-state index contributed by atoms with van der Waals surface area (Å²) < 4.78 is 41.1. The number of rotatable bonds is 4. The second-order valence-electron chi connectivity index (χ2n) is 4.03. The Kier molecular flexibility index (Phi) is 4.07. The molecule has 2 rings (SSSR count). The number of nitrogen functional groups attached to an aromatic ring is 1. The second kappa shape index (κ2) is 5.77. The molecule has 0 fully saturated rings. The van der Waals surface area contributed by atoms with E-state index in [9.17, 15) is 13.2 Å². The van der Waals surface area contributed by atoms with Crippen LogP contribution in [0, 0.1) is 0 Å². The zero-order chi connectivity index (χ0) is 14.6. The van der Waals surface area contributed by atoms with Gasteiger partial charge in [-0.3, -0.25) is 0 Å². The van der Waals surface area contributed by atoms with Crippen LogP contribution in [0.25, 0.3) is 11.4 Å². The molecule has 0 aliphatic carbocycles. The summed E-state index contributed by atoms with van der Waals surface area (Å²) in [5, 5.41) is 0. The number of aromatic nitrogens is 2. The molecule has 0 unspecified atom stereocenters. The molecule has 0 saturated carbocycles. The number of nitrogens with zero attached hydrogens (tertiary/aromatic N) is 2. The molecule has 0 aliphatic rings. The van der Waals surface area contributed by atoms with Gasteiger partial charge >= 0.3 is 6.18 Å². The van der Waals surface area contributed by atoms with Gasteiger partial charge in [-0.1, -0.05) is 30.3 Å². The molecule has 7 heteroatoms. The van der Waals surface area contributed by atoms with E-state index in [4.69, 9.17) is 10.5 Å². The average Bonchev–Trinajstić information content (AvgIpc) is 2.37. The van der Waals surface area contributed by atoms with Crippen LogP contribution in [-0.4, -0.2) is 22.8 Å². The fourth-order valence-corrected chi connectivity index (χ4v) is 1.50. The van der Waals surface area contributed by atoms with E-state index in [2.05, 4.69) is 9.97 Å². The standard InChI is InChI=1S/C13H12F3N3O/c14-13(15,16)6-7-20-11-8-10(17)18-12(19-11)9-4-2-1-3-5-9/h1-5,8H,6-7H2,(H2,17,18,19). The third-order valence-corrected chi connectivity index (χ3v) is 2.39.